The molecule has 2 rings (SSSR count). The van der Waals surface area contributed by atoms with Crippen LogP contribution in [0.25, 0.3) is 5.69 Å². The van der Waals surface area contributed by atoms with Gasteiger partial charge < -0.3 is 10.1 Å². The number of H-pyrrole nitrogens is 1. The van der Waals surface area contributed by atoms with Crippen LogP contribution in [-0.4, -0.2) is 14.7 Å². The Kier molecular flexibility index (Phi) is 2.11. The van der Waals surface area contributed by atoms with Crippen molar-refractivity contribution in [1.82, 2.24) is 9.55 Å². The maximum Gasteiger partial charge on any atom is 0.330 e. The minimum atomic E-state index is -0.185. The van der Waals surface area contributed by atoms with E-state index in [9.17, 15) is 9.90 Å². The van der Waals surface area contributed by atoms with Crippen molar-refractivity contribution < 1.29 is 5.11 Å². The maximum atomic E-state index is 11.6. The van der Waals surface area contributed by atoms with Crippen LogP contribution in [0.15, 0.2) is 29.1 Å². The minimum absolute atomic E-state index is 0.151. The highest BCUT2D eigenvalue weighted by atomic mass is 16.3. The van der Waals surface area contributed by atoms with Gasteiger partial charge in [-0.05, 0) is 26.0 Å². The summed E-state index contributed by atoms with van der Waals surface area (Å²) >= 11 is 0. The summed E-state index contributed by atoms with van der Waals surface area (Å²) in [6.07, 6.45) is 0. The molecule has 0 aliphatic carbocycles. The van der Waals surface area contributed by atoms with E-state index in [1.807, 2.05) is 13.8 Å². The van der Waals surface area contributed by atoms with Crippen molar-refractivity contribution in [2.24, 2.45) is 0 Å². The van der Waals surface area contributed by atoms with Gasteiger partial charge in [0.05, 0.1) is 5.69 Å². The Hall–Kier alpha value is -1.97. The molecule has 15 heavy (non-hydrogen) atoms. The first-order valence-electron chi connectivity index (χ1n) is 4.67. The molecular formula is C11H12N2O2. The van der Waals surface area contributed by atoms with Crippen LogP contribution in [0.1, 0.15) is 11.4 Å². The minimum Gasteiger partial charge on any atom is -0.508 e. The summed E-state index contributed by atoms with van der Waals surface area (Å²) in [5.74, 6) is 0.151. The summed E-state index contributed by atoms with van der Waals surface area (Å²) in [5, 5.41) is 9.34. The summed E-state index contributed by atoms with van der Waals surface area (Å²) in [5.41, 5.74) is 2.17. The SMILES string of the molecule is Cc1[nH]c(=O)n(-c2cccc(O)c2)c1C. The third-order valence-corrected chi connectivity index (χ3v) is 2.46. The molecule has 0 saturated carbocycles. The number of imidazole rings is 1. The number of hydrogen-bond acceptors (Lipinski definition) is 2. The third-order valence-electron chi connectivity index (χ3n) is 2.46. The molecule has 0 unspecified atom stereocenters. The Bertz CT molecular complexity index is 552. The lowest BCUT2D eigenvalue weighted by molar-refractivity contribution is 0.475. The molecule has 4 heteroatoms. The number of phenolic OH excluding ortho intramolecular Hbond substituents is 1. The first kappa shape index (κ1) is 9.58. The summed E-state index contributed by atoms with van der Waals surface area (Å²) in [6.45, 7) is 3.70. The molecule has 78 valence electrons. The van der Waals surface area contributed by atoms with Crippen LogP contribution in [0.4, 0.5) is 0 Å². The van der Waals surface area contributed by atoms with Gasteiger partial charge in [0.25, 0.3) is 0 Å². The molecule has 2 N–H and O–H groups in total. The Morgan fingerprint density at radius 2 is 2.07 bits per heavy atom. The van der Waals surface area contributed by atoms with Gasteiger partial charge >= 0.3 is 5.69 Å². The second kappa shape index (κ2) is 3.31. The lowest BCUT2D eigenvalue weighted by atomic mass is 10.3. The highest BCUT2D eigenvalue weighted by Gasteiger charge is 2.08. The van der Waals surface area contributed by atoms with E-state index in [2.05, 4.69) is 4.98 Å². The van der Waals surface area contributed by atoms with Gasteiger partial charge in [-0.3, -0.25) is 4.57 Å². The standard InChI is InChI=1S/C11H12N2O2/c1-7-8(2)13(11(15)12-7)9-4-3-5-10(14)6-9/h3-6,14H,1-2H3,(H,12,15). The number of nitrogens with one attached hydrogen (secondary N) is 1. The summed E-state index contributed by atoms with van der Waals surface area (Å²) in [7, 11) is 0. The van der Waals surface area contributed by atoms with E-state index < -0.39 is 0 Å². The molecule has 0 bridgehead atoms. The van der Waals surface area contributed by atoms with Gasteiger partial charge in [-0.1, -0.05) is 6.07 Å². The molecule has 0 radical (unpaired) electrons. The zero-order chi connectivity index (χ0) is 11.0. The fraction of sp³-hybridized carbons (Fsp3) is 0.182. The number of benzene rings is 1. The van der Waals surface area contributed by atoms with E-state index >= 15 is 0 Å². The molecule has 0 spiro atoms. The first-order chi connectivity index (χ1) is 7.09. The van der Waals surface area contributed by atoms with Crippen LogP contribution in [0.3, 0.4) is 0 Å². The molecular weight excluding hydrogens is 192 g/mol. The van der Waals surface area contributed by atoms with Crippen molar-refractivity contribution in [2.75, 3.05) is 0 Å². The lowest BCUT2D eigenvalue weighted by Crippen LogP contribution is -2.15. The lowest BCUT2D eigenvalue weighted by Gasteiger charge is -2.04. The number of aromatic nitrogens is 2. The number of hydrogen-bond donors (Lipinski definition) is 2. The van der Waals surface area contributed by atoms with E-state index in [0.717, 1.165) is 11.4 Å². The smallest absolute Gasteiger partial charge is 0.330 e. The van der Waals surface area contributed by atoms with E-state index in [1.54, 1.807) is 24.3 Å². The predicted octanol–water partition coefficient (Wildman–Crippen LogP) is 1.49. The summed E-state index contributed by atoms with van der Waals surface area (Å²) in [6, 6.07) is 6.62. The zero-order valence-corrected chi connectivity index (χ0v) is 8.61. The highest BCUT2D eigenvalue weighted by Crippen LogP contribution is 2.15. The largest absolute Gasteiger partial charge is 0.508 e. The van der Waals surface area contributed by atoms with Crippen molar-refractivity contribution in [1.29, 1.82) is 0 Å². The number of nitrogens with zero attached hydrogens (tertiary/aromatic N) is 1. The Balaban J connectivity index is 2.69. The molecule has 0 aliphatic heterocycles. The van der Waals surface area contributed by atoms with Crippen LogP contribution >= 0.6 is 0 Å². The fourth-order valence-corrected chi connectivity index (χ4v) is 1.57. The van der Waals surface area contributed by atoms with Gasteiger partial charge in [-0.15, -0.1) is 0 Å². The van der Waals surface area contributed by atoms with Crippen LogP contribution in [0, 0.1) is 13.8 Å². The molecule has 1 aromatic carbocycles. The quantitative estimate of drug-likeness (QED) is 0.739. The number of phenols is 1. The molecule has 1 aromatic heterocycles. The molecule has 0 aliphatic rings. The number of rotatable bonds is 1. The molecule has 0 amide bonds. The maximum absolute atomic E-state index is 11.6. The van der Waals surface area contributed by atoms with Crippen molar-refractivity contribution in [3.05, 3.63) is 46.1 Å². The molecule has 1 heterocycles. The number of aromatic hydroxyl groups is 1. The first-order valence-corrected chi connectivity index (χ1v) is 4.67. The summed E-state index contributed by atoms with van der Waals surface area (Å²) in [4.78, 5) is 14.3. The Morgan fingerprint density at radius 1 is 1.33 bits per heavy atom. The average Bonchev–Trinajstić information content (AvgIpc) is 2.41. The van der Waals surface area contributed by atoms with E-state index in [1.165, 1.54) is 4.57 Å². The van der Waals surface area contributed by atoms with Crippen LogP contribution < -0.4 is 5.69 Å². The third kappa shape index (κ3) is 1.54. The van der Waals surface area contributed by atoms with Crippen molar-refractivity contribution >= 4 is 0 Å². The summed E-state index contributed by atoms with van der Waals surface area (Å²) < 4.78 is 1.54. The molecule has 0 fully saturated rings. The molecule has 0 saturated heterocycles. The molecule has 4 nitrogen and oxygen atoms in total. The van der Waals surface area contributed by atoms with Gasteiger partial charge in [-0.2, -0.15) is 0 Å². The van der Waals surface area contributed by atoms with Crippen LogP contribution in [0.2, 0.25) is 0 Å². The van der Waals surface area contributed by atoms with Gasteiger partial charge in [0.1, 0.15) is 5.75 Å². The van der Waals surface area contributed by atoms with Crippen molar-refractivity contribution in [3.63, 3.8) is 0 Å². The Morgan fingerprint density at radius 3 is 2.60 bits per heavy atom. The van der Waals surface area contributed by atoms with Gasteiger partial charge in [-0.25, -0.2) is 4.79 Å². The van der Waals surface area contributed by atoms with Crippen molar-refractivity contribution in [2.45, 2.75) is 13.8 Å². The van der Waals surface area contributed by atoms with E-state index in [4.69, 9.17) is 0 Å². The van der Waals surface area contributed by atoms with Crippen molar-refractivity contribution in [3.8, 4) is 11.4 Å². The predicted molar refractivity (Wildman–Crippen MR) is 57.5 cm³/mol. The monoisotopic (exact) mass is 204 g/mol. The normalized spacial score (nSPS) is 10.5. The fourth-order valence-electron chi connectivity index (χ4n) is 1.57. The second-order valence-corrected chi connectivity index (χ2v) is 3.50. The van der Waals surface area contributed by atoms with Gasteiger partial charge in [0, 0.05) is 17.5 Å². The number of aryl methyl sites for hydroxylation is 1. The van der Waals surface area contributed by atoms with Gasteiger partial charge in [0.2, 0.25) is 0 Å². The average molecular weight is 204 g/mol. The highest BCUT2D eigenvalue weighted by molar-refractivity contribution is 5.40. The Labute approximate surface area is 86.8 Å². The van der Waals surface area contributed by atoms with Gasteiger partial charge in [0.15, 0.2) is 0 Å². The topological polar surface area (TPSA) is 58.0 Å². The number of aromatic amines is 1. The van der Waals surface area contributed by atoms with E-state index in [0.29, 0.717) is 5.69 Å². The van der Waals surface area contributed by atoms with E-state index in [-0.39, 0.29) is 11.4 Å². The van der Waals surface area contributed by atoms with Crippen LogP contribution in [0.5, 0.6) is 5.75 Å². The molecule has 2 aromatic rings. The zero-order valence-electron chi connectivity index (χ0n) is 8.61. The molecule has 0 atom stereocenters. The second-order valence-electron chi connectivity index (χ2n) is 3.50. The van der Waals surface area contributed by atoms with Crippen LogP contribution in [-0.2, 0) is 0 Å².